The summed E-state index contributed by atoms with van der Waals surface area (Å²) in [6.07, 6.45) is 0.616. The highest BCUT2D eigenvalue weighted by Crippen LogP contribution is 2.30. The van der Waals surface area contributed by atoms with E-state index in [9.17, 15) is 13.2 Å². The maximum absolute atomic E-state index is 13.0. The Bertz CT molecular complexity index is 779. The van der Waals surface area contributed by atoms with Gasteiger partial charge in [-0.3, -0.25) is 4.79 Å². The summed E-state index contributed by atoms with van der Waals surface area (Å²) < 4.78 is 43.3. The first kappa shape index (κ1) is 20.0. The van der Waals surface area contributed by atoms with Gasteiger partial charge in [-0.05, 0) is 31.0 Å². The molecule has 0 saturated carbocycles. The number of anilines is 1. The molecule has 2 fully saturated rings. The van der Waals surface area contributed by atoms with Crippen LogP contribution in [0, 0.1) is 0 Å². The topological polar surface area (TPSA) is 120 Å². The summed E-state index contributed by atoms with van der Waals surface area (Å²) in [6, 6.07) is 4.54. The molecule has 2 heterocycles. The highest BCUT2D eigenvalue weighted by molar-refractivity contribution is 7.89. The van der Waals surface area contributed by atoms with Gasteiger partial charge in [0.05, 0.1) is 26.4 Å². The minimum absolute atomic E-state index is 0.0110. The number of carbonyl (C=O) groups excluding carboxylic acids is 1. The zero-order valence-corrected chi connectivity index (χ0v) is 16.0. The van der Waals surface area contributed by atoms with Gasteiger partial charge in [0.25, 0.3) is 5.91 Å². The Morgan fingerprint density at radius 3 is 2.70 bits per heavy atom. The van der Waals surface area contributed by atoms with Crippen molar-refractivity contribution in [1.29, 1.82) is 0 Å². The van der Waals surface area contributed by atoms with E-state index < -0.39 is 16.1 Å². The summed E-state index contributed by atoms with van der Waals surface area (Å²) in [5.41, 5.74) is 5.94. The number of rotatable bonds is 6. The number of sulfonamides is 1. The Labute approximate surface area is 158 Å². The van der Waals surface area contributed by atoms with Crippen LogP contribution >= 0.6 is 0 Å². The van der Waals surface area contributed by atoms with Gasteiger partial charge in [0.1, 0.15) is 16.7 Å². The lowest BCUT2D eigenvalue weighted by Crippen LogP contribution is -2.40. The summed E-state index contributed by atoms with van der Waals surface area (Å²) in [4.78, 5) is 12.4. The predicted molar refractivity (Wildman–Crippen MR) is 98.2 cm³/mol. The molecule has 1 aromatic rings. The van der Waals surface area contributed by atoms with Gasteiger partial charge in [0.15, 0.2) is 0 Å². The van der Waals surface area contributed by atoms with Crippen molar-refractivity contribution >= 4 is 21.6 Å². The standard InChI is InChI=1S/C17H25N3O6S/c1-24-14-4-2-12(19-17(21)15-5-3-13(11-18)26-15)10-16(14)27(22,23)20-6-8-25-9-7-20/h2,4,10,13,15H,3,5-9,11,18H2,1H3,(H,19,21)/t13-,15+/m1/s1. The van der Waals surface area contributed by atoms with Gasteiger partial charge in [0, 0.05) is 25.3 Å². The first-order valence-corrected chi connectivity index (χ1v) is 10.3. The highest BCUT2D eigenvalue weighted by atomic mass is 32.2. The Morgan fingerprint density at radius 2 is 2.07 bits per heavy atom. The average molecular weight is 399 g/mol. The van der Waals surface area contributed by atoms with E-state index in [-0.39, 0.29) is 35.7 Å². The minimum atomic E-state index is -3.77. The molecule has 9 nitrogen and oxygen atoms in total. The normalized spacial score (nSPS) is 23.9. The molecule has 2 aliphatic rings. The number of nitrogens with two attached hydrogens (primary N) is 1. The fourth-order valence-electron chi connectivity index (χ4n) is 3.18. The van der Waals surface area contributed by atoms with Gasteiger partial charge >= 0.3 is 0 Å². The van der Waals surface area contributed by atoms with E-state index in [1.807, 2.05) is 0 Å². The molecule has 0 aliphatic carbocycles. The molecule has 2 atom stereocenters. The number of ether oxygens (including phenoxy) is 3. The molecule has 0 aromatic heterocycles. The van der Waals surface area contributed by atoms with Gasteiger partial charge in [-0.1, -0.05) is 0 Å². The molecule has 0 radical (unpaired) electrons. The number of nitrogens with one attached hydrogen (secondary N) is 1. The number of morpholine rings is 1. The van der Waals surface area contributed by atoms with Gasteiger partial charge < -0.3 is 25.3 Å². The van der Waals surface area contributed by atoms with Crippen molar-refractivity contribution in [2.24, 2.45) is 5.73 Å². The third-order valence-corrected chi connectivity index (χ3v) is 6.60. The minimum Gasteiger partial charge on any atom is -0.495 e. The number of nitrogens with zero attached hydrogens (tertiary/aromatic N) is 1. The summed E-state index contributed by atoms with van der Waals surface area (Å²) in [5.74, 6) is -0.0920. The van der Waals surface area contributed by atoms with Crippen molar-refractivity contribution in [3.63, 3.8) is 0 Å². The molecule has 0 unspecified atom stereocenters. The fraction of sp³-hybridized carbons (Fsp3) is 0.588. The number of hydrogen-bond donors (Lipinski definition) is 2. The number of carbonyl (C=O) groups is 1. The smallest absolute Gasteiger partial charge is 0.253 e. The van der Waals surface area contributed by atoms with Crippen LogP contribution in [0.2, 0.25) is 0 Å². The highest BCUT2D eigenvalue weighted by Gasteiger charge is 2.32. The quantitative estimate of drug-likeness (QED) is 0.699. The van der Waals surface area contributed by atoms with Crippen LogP contribution in [-0.2, 0) is 24.3 Å². The Hall–Kier alpha value is -1.72. The van der Waals surface area contributed by atoms with Crippen molar-refractivity contribution in [3.05, 3.63) is 18.2 Å². The zero-order valence-electron chi connectivity index (χ0n) is 15.2. The van der Waals surface area contributed by atoms with E-state index in [4.69, 9.17) is 19.9 Å². The Balaban J connectivity index is 1.80. The second kappa shape index (κ2) is 8.53. The predicted octanol–water partition coefficient (Wildman–Crippen LogP) is 0.161. The Morgan fingerprint density at radius 1 is 1.33 bits per heavy atom. The van der Waals surface area contributed by atoms with E-state index in [1.54, 1.807) is 6.07 Å². The van der Waals surface area contributed by atoms with Crippen molar-refractivity contribution < 1.29 is 27.4 Å². The molecule has 2 saturated heterocycles. The van der Waals surface area contributed by atoms with Crippen molar-refractivity contribution in [1.82, 2.24) is 4.31 Å². The molecule has 2 aliphatic heterocycles. The van der Waals surface area contributed by atoms with Crippen LogP contribution in [0.3, 0.4) is 0 Å². The lowest BCUT2D eigenvalue weighted by molar-refractivity contribution is -0.126. The third-order valence-electron chi connectivity index (χ3n) is 4.68. The van der Waals surface area contributed by atoms with Crippen LogP contribution in [0.1, 0.15) is 12.8 Å². The largest absolute Gasteiger partial charge is 0.495 e. The average Bonchev–Trinajstić information content (AvgIpc) is 3.18. The number of amides is 1. The molecule has 0 bridgehead atoms. The SMILES string of the molecule is COc1ccc(NC(=O)[C@@H]2CC[C@H](CN)O2)cc1S(=O)(=O)N1CCOCC1. The van der Waals surface area contributed by atoms with Crippen LogP contribution < -0.4 is 15.8 Å². The van der Waals surface area contributed by atoms with Gasteiger partial charge in [-0.2, -0.15) is 4.31 Å². The van der Waals surface area contributed by atoms with Crippen LogP contribution in [0.5, 0.6) is 5.75 Å². The fourth-order valence-corrected chi connectivity index (χ4v) is 4.77. The molecule has 1 amide bonds. The monoisotopic (exact) mass is 399 g/mol. The van der Waals surface area contributed by atoms with Gasteiger partial charge in [-0.25, -0.2) is 8.42 Å². The summed E-state index contributed by atoms with van der Waals surface area (Å²) in [5, 5.41) is 2.73. The van der Waals surface area contributed by atoms with E-state index in [0.29, 0.717) is 31.9 Å². The van der Waals surface area contributed by atoms with Crippen molar-refractivity contribution in [3.8, 4) is 5.75 Å². The van der Waals surface area contributed by atoms with E-state index >= 15 is 0 Å². The maximum Gasteiger partial charge on any atom is 0.253 e. The molecule has 3 N–H and O–H groups in total. The van der Waals surface area contributed by atoms with Crippen LogP contribution in [-0.4, -0.2) is 70.8 Å². The lowest BCUT2D eigenvalue weighted by atomic mass is 10.2. The van der Waals surface area contributed by atoms with Crippen molar-refractivity contribution in [2.75, 3.05) is 45.3 Å². The van der Waals surface area contributed by atoms with Crippen LogP contribution in [0.15, 0.2) is 23.1 Å². The van der Waals surface area contributed by atoms with Gasteiger partial charge in [-0.15, -0.1) is 0 Å². The first-order chi connectivity index (χ1) is 13.0. The Kier molecular flexibility index (Phi) is 6.33. The van der Waals surface area contributed by atoms with Crippen molar-refractivity contribution in [2.45, 2.75) is 29.9 Å². The van der Waals surface area contributed by atoms with Gasteiger partial charge in [0.2, 0.25) is 10.0 Å². The molecular formula is C17H25N3O6S. The summed E-state index contributed by atoms with van der Waals surface area (Å²) in [7, 11) is -2.36. The molecule has 27 heavy (non-hydrogen) atoms. The van der Waals surface area contributed by atoms with E-state index in [2.05, 4.69) is 5.32 Å². The number of hydrogen-bond acceptors (Lipinski definition) is 7. The number of benzene rings is 1. The molecule has 1 aromatic carbocycles. The summed E-state index contributed by atoms with van der Waals surface area (Å²) in [6.45, 7) is 1.61. The molecular weight excluding hydrogens is 374 g/mol. The van der Waals surface area contributed by atoms with Crippen LogP contribution in [0.4, 0.5) is 5.69 Å². The van der Waals surface area contributed by atoms with Crippen LogP contribution in [0.25, 0.3) is 0 Å². The van der Waals surface area contributed by atoms with E-state index in [1.165, 1.54) is 23.5 Å². The molecule has 10 heteroatoms. The number of methoxy groups -OCH3 is 1. The van der Waals surface area contributed by atoms with E-state index in [0.717, 1.165) is 6.42 Å². The molecule has 3 rings (SSSR count). The second-order valence-electron chi connectivity index (χ2n) is 6.43. The molecule has 150 valence electrons. The zero-order chi connectivity index (χ0) is 19.4. The summed E-state index contributed by atoms with van der Waals surface area (Å²) >= 11 is 0. The maximum atomic E-state index is 13.0. The third kappa shape index (κ3) is 4.41. The molecule has 0 spiro atoms. The second-order valence-corrected chi connectivity index (χ2v) is 8.34. The first-order valence-electron chi connectivity index (χ1n) is 8.88. The lowest BCUT2D eigenvalue weighted by Gasteiger charge is -2.27.